The van der Waals surface area contributed by atoms with Crippen molar-refractivity contribution in [2.24, 2.45) is 0 Å². The van der Waals surface area contributed by atoms with E-state index in [0.29, 0.717) is 11.1 Å². The van der Waals surface area contributed by atoms with Crippen molar-refractivity contribution >= 4 is 44.5 Å². The van der Waals surface area contributed by atoms with Crippen LogP contribution in [0.15, 0.2) is 23.1 Å². The number of nitrogen functional groups attached to an aromatic ring is 1. The highest BCUT2D eigenvalue weighted by atomic mass is 79.9. The molecular weight excluding hydrogens is 354 g/mol. The second-order valence-corrected chi connectivity index (χ2v) is 6.01. The largest absolute Gasteiger partial charge is 0.368 e. The Balaban J connectivity index is 2.09. The molecule has 0 spiro atoms. The molecule has 0 atom stereocenters. The van der Waals surface area contributed by atoms with E-state index in [9.17, 15) is 0 Å². The van der Waals surface area contributed by atoms with Crippen molar-refractivity contribution in [3.05, 3.63) is 44.9 Å². The number of anilines is 1. The second-order valence-electron chi connectivity index (χ2n) is 4.88. The number of halogens is 2. The zero-order chi connectivity index (χ0) is 15.1. The Morgan fingerprint density at radius 2 is 2.10 bits per heavy atom. The fraction of sp³-hybridized carbons (Fsp3) is 0.214. The molecule has 21 heavy (non-hydrogen) atoms. The summed E-state index contributed by atoms with van der Waals surface area (Å²) in [6.07, 6.45) is 3.73. The van der Waals surface area contributed by atoms with Gasteiger partial charge in [-0.2, -0.15) is 4.98 Å². The topological polar surface area (TPSA) is 69.6 Å². The van der Waals surface area contributed by atoms with E-state index in [1.165, 1.54) is 0 Å². The van der Waals surface area contributed by atoms with Crippen molar-refractivity contribution < 1.29 is 0 Å². The molecular formula is C14H13BrClN5. The number of aryl methyl sites for hydroxylation is 1. The molecule has 0 amide bonds. The minimum Gasteiger partial charge on any atom is -0.368 e. The predicted molar refractivity (Wildman–Crippen MR) is 87.5 cm³/mol. The first-order chi connectivity index (χ1) is 9.97. The van der Waals surface area contributed by atoms with Gasteiger partial charge in [0.1, 0.15) is 10.3 Å². The van der Waals surface area contributed by atoms with Crippen molar-refractivity contribution in [1.82, 2.24) is 19.5 Å². The summed E-state index contributed by atoms with van der Waals surface area (Å²) in [4.78, 5) is 12.9. The molecule has 3 aromatic rings. The van der Waals surface area contributed by atoms with E-state index in [4.69, 9.17) is 17.3 Å². The first-order valence-electron chi connectivity index (χ1n) is 6.36. The minimum atomic E-state index is 0.237. The zero-order valence-electron chi connectivity index (χ0n) is 11.6. The molecule has 108 valence electrons. The van der Waals surface area contributed by atoms with Crippen molar-refractivity contribution in [3.8, 4) is 0 Å². The van der Waals surface area contributed by atoms with Gasteiger partial charge in [0.25, 0.3) is 0 Å². The van der Waals surface area contributed by atoms with Gasteiger partial charge in [-0.25, -0.2) is 4.98 Å². The first-order valence-corrected chi connectivity index (χ1v) is 7.53. The van der Waals surface area contributed by atoms with Crippen molar-refractivity contribution in [1.29, 1.82) is 0 Å². The third kappa shape index (κ3) is 2.49. The van der Waals surface area contributed by atoms with Crippen LogP contribution < -0.4 is 5.73 Å². The Morgan fingerprint density at radius 3 is 2.86 bits per heavy atom. The molecule has 3 heterocycles. The Hall–Kier alpha value is -1.66. The summed E-state index contributed by atoms with van der Waals surface area (Å²) in [5.74, 6) is 0.237. The lowest BCUT2D eigenvalue weighted by atomic mass is 10.1. The Morgan fingerprint density at radius 1 is 1.33 bits per heavy atom. The number of aromatic nitrogens is 4. The number of rotatable bonds is 2. The number of hydrogen-bond acceptors (Lipinski definition) is 4. The maximum absolute atomic E-state index is 6.29. The van der Waals surface area contributed by atoms with Crippen LogP contribution in [0, 0.1) is 13.8 Å². The molecule has 5 nitrogen and oxygen atoms in total. The smallest absolute Gasteiger partial charge is 0.223 e. The molecule has 0 bridgehead atoms. The summed E-state index contributed by atoms with van der Waals surface area (Å²) >= 11 is 9.69. The SMILES string of the molecule is Cc1cnc(Cn2ccc3c(Br)nc(N)nc32)c(C)c1Cl. The van der Waals surface area contributed by atoms with Crippen LogP contribution in [0.25, 0.3) is 11.0 Å². The van der Waals surface area contributed by atoms with Gasteiger partial charge in [0.2, 0.25) is 5.95 Å². The quantitative estimate of drug-likeness (QED) is 0.705. The van der Waals surface area contributed by atoms with Gasteiger partial charge in [-0.3, -0.25) is 4.98 Å². The maximum Gasteiger partial charge on any atom is 0.223 e. The Bertz CT molecular complexity index is 843. The summed E-state index contributed by atoms with van der Waals surface area (Å²) in [5.41, 5.74) is 9.36. The molecule has 3 rings (SSSR count). The van der Waals surface area contributed by atoms with E-state index in [-0.39, 0.29) is 5.95 Å². The molecule has 0 aliphatic rings. The molecule has 0 unspecified atom stereocenters. The summed E-state index contributed by atoms with van der Waals surface area (Å²) in [6.45, 7) is 4.50. The van der Waals surface area contributed by atoms with Gasteiger partial charge >= 0.3 is 0 Å². The van der Waals surface area contributed by atoms with E-state index in [1.54, 1.807) is 6.20 Å². The summed E-state index contributed by atoms with van der Waals surface area (Å²) in [6, 6.07) is 1.95. The van der Waals surface area contributed by atoms with Crippen molar-refractivity contribution in [3.63, 3.8) is 0 Å². The highest BCUT2D eigenvalue weighted by molar-refractivity contribution is 9.10. The molecule has 3 aromatic heterocycles. The van der Waals surface area contributed by atoms with E-state index >= 15 is 0 Å². The summed E-state index contributed by atoms with van der Waals surface area (Å²) in [7, 11) is 0. The molecule has 0 fully saturated rings. The molecule has 0 saturated carbocycles. The lowest BCUT2D eigenvalue weighted by Crippen LogP contribution is -2.06. The standard InChI is InChI=1S/C14H13BrClN5/c1-7-5-18-10(8(2)11(7)16)6-21-4-3-9-12(15)19-14(17)20-13(9)21/h3-5H,6H2,1-2H3,(H2,17,19,20). The number of nitrogens with zero attached hydrogens (tertiary/aromatic N) is 4. The van der Waals surface area contributed by atoms with E-state index in [2.05, 4.69) is 30.9 Å². The number of nitrogens with two attached hydrogens (primary N) is 1. The van der Waals surface area contributed by atoms with Gasteiger partial charge < -0.3 is 10.3 Å². The lowest BCUT2D eigenvalue weighted by Gasteiger charge is -2.10. The van der Waals surface area contributed by atoms with Gasteiger partial charge in [-0.1, -0.05) is 11.6 Å². The highest BCUT2D eigenvalue weighted by Gasteiger charge is 2.12. The molecule has 7 heteroatoms. The first kappa shape index (κ1) is 14.3. The van der Waals surface area contributed by atoms with Gasteiger partial charge in [-0.05, 0) is 47.0 Å². The van der Waals surface area contributed by atoms with Crippen LogP contribution >= 0.6 is 27.5 Å². The highest BCUT2D eigenvalue weighted by Crippen LogP contribution is 2.25. The third-order valence-electron chi connectivity index (χ3n) is 3.43. The van der Waals surface area contributed by atoms with Crippen LogP contribution in [0.4, 0.5) is 5.95 Å². The average molecular weight is 367 g/mol. The van der Waals surface area contributed by atoms with Gasteiger partial charge in [0.05, 0.1) is 17.6 Å². The van der Waals surface area contributed by atoms with Crippen molar-refractivity contribution in [2.75, 3.05) is 5.73 Å². The molecule has 0 radical (unpaired) electrons. The second kappa shape index (κ2) is 5.27. The Labute approximate surface area is 135 Å². The van der Waals surface area contributed by atoms with Gasteiger partial charge in [-0.15, -0.1) is 0 Å². The molecule has 0 aliphatic carbocycles. The third-order valence-corrected chi connectivity index (χ3v) is 4.62. The van der Waals surface area contributed by atoms with Gasteiger partial charge in [0.15, 0.2) is 0 Å². The number of pyridine rings is 1. The van der Waals surface area contributed by atoms with Crippen LogP contribution in [0.2, 0.25) is 5.02 Å². The van der Waals surface area contributed by atoms with E-state index < -0.39 is 0 Å². The van der Waals surface area contributed by atoms with Crippen LogP contribution in [0.3, 0.4) is 0 Å². The predicted octanol–water partition coefficient (Wildman–Crippen LogP) is 3.49. The van der Waals surface area contributed by atoms with E-state index in [1.807, 2.05) is 30.7 Å². The van der Waals surface area contributed by atoms with E-state index in [0.717, 1.165) is 32.9 Å². The van der Waals surface area contributed by atoms with Crippen molar-refractivity contribution in [2.45, 2.75) is 20.4 Å². The summed E-state index contributed by atoms with van der Waals surface area (Å²) < 4.78 is 2.68. The number of fused-ring (bicyclic) bond motifs is 1. The fourth-order valence-electron chi connectivity index (χ4n) is 2.24. The zero-order valence-corrected chi connectivity index (χ0v) is 13.9. The van der Waals surface area contributed by atoms with Crippen LogP contribution in [-0.4, -0.2) is 19.5 Å². The maximum atomic E-state index is 6.29. The minimum absolute atomic E-state index is 0.237. The van der Waals surface area contributed by atoms with Crippen LogP contribution in [-0.2, 0) is 6.54 Å². The fourth-order valence-corrected chi connectivity index (χ4v) is 2.89. The molecule has 0 aromatic carbocycles. The van der Waals surface area contributed by atoms with Crippen LogP contribution in [0.1, 0.15) is 16.8 Å². The monoisotopic (exact) mass is 365 g/mol. The number of hydrogen-bond donors (Lipinski definition) is 1. The molecule has 0 saturated heterocycles. The van der Waals surface area contributed by atoms with Crippen LogP contribution in [0.5, 0.6) is 0 Å². The molecule has 2 N–H and O–H groups in total. The lowest BCUT2D eigenvalue weighted by molar-refractivity contribution is 0.788. The molecule has 0 aliphatic heterocycles. The van der Waals surface area contributed by atoms with Gasteiger partial charge in [0, 0.05) is 17.4 Å². The average Bonchev–Trinajstić information content (AvgIpc) is 2.83. The summed E-state index contributed by atoms with van der Waals surface area (Å²) in [5, 5.41) is 1.67. The normalized spacial score (nSPS) is 11.2. The Kier molecular flexibility index (Phi) is 3.59.